The Balaban J connectivity index is 0.00000450. The van der Waals surface area contributed by atoms with Gasteiger partial charge in [0.2, 0.25) is 10.0 Å². The van der Waals surface area contributed by atoms with Crippen LogP contribution in [0, 0.1) is 5.82 Å². The van der Waals surface area contributed by atoms with Gasteiger partial charge in [0.25, 0.3) is 0 Å². The Labute approximate surface area is 195 Å². The van der Waals surface area contributed by atoms with Crippen molar-refractivity contribution in [3.63, 3.8) is 0 Å². The molecule has 9 heteroatoms. The number of nitrogens with zero attached hydrogens (tertiary/aromatic N) is 1. The van der Waals surface area contributed by atoms with E-state index < -0.39 is 10.0 Å². The third-order valence-electron chi connectivity index (χ3n) is 3.93. The maximum atomic E-state index is 13.0. The van der Waals surface area contributed by atoms with Crippen molar-refractivity contribution in [3.8, 4) is 0 Å². The first kappa shape index (κ1) is 26.3. The van der Waals surface area contributed by atoms with Gasteiger partial charge in [-0.1, -0.05) is 36.4 Å². The standard InChI is InChI=1S/C21H29FN4O2S.HI/c1-4-23-21(25-14-18-9-11-20(22)12-10-18)24-13-17-5-7-19(8-6-17)15-29(27,28)26-16(2)3;/h5-12,16,26H,4,13-15H2,1-3H3,(H2,23,24,25);1H. The fourth-order valence-electron chi connectivity index (χ4n) is 2.66. The number of benzene rings is 2. The maximum absolute atomic E-state index is 13.0. The molecule has 2 aromatic rings. The molecule has 0 atom stereocenters. The molecule has 2 rings (SSSR count). The first-order valence-electron chi connectivity index (χ1n) is 9.62. The molecular weight excluding hydrogens is 518 g/mol. The van der Waals surface area contributed by atoms with Gasteiger partial charge in [-0.15, -0.1) is 24.0 Å². The van der Waals surface area contributed by atoms with Crippen molar-refractivity contribution < 1.29 is 12.8 Å². The summed E-state index contributed by atoms with van der Waals surface area (Å²) in [4.78, 5) is 4.51. The average Bonchev–Trinajstić information content (AvgIpc) is 2.65. The Morgan fingerprint density at radius 2 is 1.53 bits per heavy atom. The van der Waals surface area contributed by atoms with Crippen LogP contribution in [0.2, 0.25) is 0 Å². The summed E-state index contributed by atoms with van der Waals surface area (Å²) in [5, 5.41) is 6.42. The van der Waals surface area contributed by atoms with E-state index in [2.05, 4.69) is 20.3 Å². The molecule has 6 nitrogen and oxygen atoms in total. The monoisotopic (exact) mass is 548 g/mol. The molecule has 0 radical (unpaired) electrons. The van der Waals surface area contributed by atoms with Crippen molar-refractivity contribution in [2.45, 2.75) is 45.7 Å². The van der Waals surface area contributed by atoms with E-state index in [-0.39, 0.29) is 41.6 Å². The number of aliphatic imine (C=N–C) groups is 1. The topological polar surface area (TPSA) is 82.6 Å². The number of guanidine groups is 1. The van der Waals surface area contributed by atoms with Crippen molar-refractivity contribution in [2.24, 2.45) is 4.99 Å². The fraction of sp³-hybridized carbons (Fsp3) is 0.381. The number of hydrogen-bond acceptors (Lipinski definition) is 3. The van der Waals surface area contributed by atoms with Crippen LogP contribution in [0.25, 0.3) is 0 Å². The number of halogens is 2. The summed E-state index contributed by atoms with van der Waals surface area (Å²) < 4.78 is 39.6. The number of nitrogens with one attached hydrogen (secondary N) is 3. The van der Waals surface area contributed by atoms with Crippen LogP contribution >= 0.6 is 24.0 Å². The largest absolute Gasteiger partial charge is 0.357 e. The Kier molecular flexibility index (Phi) is 11.3. The van der Waals surface area contributed by atoms with Crippen LogP contribution in [0.3, 0.4) is 0 Å². The van der Waals surface area contributed by atoms with Crippen LogP contribution in [-0.4, -0.2) is 27.0 Å². The second-order valence-electron chi connectivity index (χ2n) is 7.02. The first-order valence-corrected chi connectivity index (χ1v) is 11.3. The molecule has 0 aliphatic heterocycles. The lowest BCUT2D eigenvalue weighted by Crippen LogP contribution is -2.36. The van der Waals surface area contributed by atoms with Crippen molar-refractivity contribution >= 4 is 40.0 Å². The van der Waals surface area contributed by atoms with Gasteiger partial charge in [0, 0.05) is 19.1 Å². The first-order chi connectivity index (χ1) is 13.8. The normalized spacial score (nSPS) is 11.8. The van der Waals surface area contributed by atoms with E-state index in [1.807, 2.05) is 31.2 Å². The van der Waals surface area contributed by atoms with E-state index in [0.717, 1.165) is 23.2 Å². The van der Waals surface area contributed by atoms with Gasteiger partial charge in [0.05, 0.1) is 12.3 Å². The molecule has 0 amide bonds. The zero-order valence-electron chi connectivity index (χ0n) is 17.5. The van der Waals surface area contributed by atoms with Gasteiger partial charge in [-0.25, -0.2) is 22.5 Å². The maximum Gasteiger partial charge on any atom is 0.216 e. The number of hydrogen-bond donors (Lipinski definition) is 3. The molecule has 0 aromatic heterocycles. The molecule has 0 saturated heterocycles. The highest BCUT2D eigenvalue weighted by atomic mass is 127. The minimum absolute atomic E-state index is 0. The molecule has 0 spiro atoms. The molecule has 166 valence electrons. The van der Waals surface area contributed by atoms with Crippen LogP contribution in [-0.2, 0) is 28.9 Å². The molecule has 0 unspecified atom stereocenters. The van der Waals surface area contributed by atoms with Crippen molar-refractivity contribution in [1.29, 1.82) is 0 Å². The smallest absolute Gasteiger partial charge is 0.216 e. The summed E-state index contributed by atoms with van der Waals surface area (Å²) in [5.41, 5.74) is 2.67. The Hall–Kier alpha value is -1.72. The molecule has 0 bridgehead atoms. The van der Waals surface area contributed by atoms with Gasteiger partial charge in [-0.3, -0.25) is 0 Å². The summed E-state index contributed by atoms with van der Waals surface area (Å²) in [6.07, 6.45) is 0. The minimum Gasteiger partial charge on any atom is -0.357 e. The molecule has 30 heavy (non-hydrogen) atoms. The summed E-state index contributed by atoms with van der Waals surface area (Å²) >= 11 is 0. The Morgan fingerprint density at radius 1 is 0.967 bits per heavy atom. The number of rotatable bonds is 9. The highest BCUT2D eigenvalue weighted by molar-refractivity contribution is 14.0. The predicted molar refractivity (Wildman–Crippen MR) is 131 cm³/mol. The van der Waals surface area contributed by atoms with Crippen molar-refractivity contribution in [3.05, 3.63) is 71.0 Å². The van der Waals surface area contributed by atoms with Gasteiger partial charge in [-0.2, -0.15) is 0 Å². The van der Waals surface area contributed by atoms with Crippen LogP contribution in [0.15, 0.2) is 53.5 Å². The molecule has 0 aliphatic rings. The van der Waals surface area contributed by atoms with E-state index in [9.17, 15) is 12.8 Å². The lowest BCUT2D eigenvalue weighted by molar-refractivity contribution is 0.569. The molecule has 2 aromatic carbocycles. The molecule has 0 heterocycles. The summed E-state index contributed by atoms with van der Waals surface area (Å²) in [6, 6.07) is 13.6. The summed E-state index contributed by atoms with van der Waals surface area (Å²) in [7, 11) is -3.33. The van der Waals surface area contributed by atoms with E-state index in [1.54, 1.807) is 26.0 Å². The SMILES string of the molecule is CCNC(=NCc1ccc(F)cc1)NCc1ccc(CS(=O)(=O)NC(C)C)cc1.I. The van der Waals surface area contributed by atoms with Crippen LogP contribution in [0.4, 0.5) is 4.39 Å². The molecule has 3 N–H and O–H groups in total. The lowest BCUT2D eigenvalue weighted by Gasteiger charge is -2.12. The van der Waals surface area contributed by atoms with Crippen LogP contribution in [0.1, 0.15) is 37.5 Å². The zero-order valence-corrected chi connectivity index (χ0v) is 20.6. The van der Waals surface area contributed by atoms with Crippen molar-refractivity contribution in [2.75, 3.05) is 6.54 Å². The van der Waals surface area contributed by atoms with E-state index >= 15 is 0 Å². The lowest BCUT2D eigenvalue weighted by atomic mass is 10.1. The molecule has 0 fully saturated rings. The Morgan fingerprint density at radius 3 is 2.10 bits per heavy atom. The van der Waals surface area contributed by atoms with Crippen LogP contribution < -0.4 is 15.4 Å². The van der Waals surface area contributed by atoms with Crippen molar-refractivity contribution in [1.82, 2.24) is 15.4 Å². The van der Waals surface area contributed by atoms with E-state index in [1.165, 1.54) is 12.1 Å². The highest BCUT2D eigenvalue weighted by Gasteiger charge is 2.12. The fourth-order valence-corrected chi connectivity index (χ4v) is 4.09. The summed E-state index contributed by atoms with van der Waals surface area (Å²) in [5.74, 6) is 0.351. The van der Waals surface area contributed by atoms with E-state index in [4.69, 9.17) is 0 Å². The van der Waals surface area contributed by atoms with Crippen LogP contribution in [0.5, 0.6) is 0 Å². The van der Waals surface area contributed by atoms with Gasteiger partial charge in [0.15, 0.2) is 5.96 Å². The third-order valence-corrected chi connectivity index (χ3v) is 5.48. The molecule has 0 saturated carbocycles. The molecular formula is C21H30FIN4O2S. The second kappa shape index (κ2) is 12.9. The highest BCUT2D eigenvalue weighted by Crippen LogP contribution is 2.09. The Bertz CT molecular complexity index is 902. The van der Waals surface area contributed by atoms with E-state index in [0.29, 0.717) is 19.0 Å². The number of sulfonamides is 1. The summed E-state index contributed by atoms with van der Waals surface area (Å²) in [6.45, 7) is 7.28. The van der Waals surface area contributed by atoms with Gasteiger partial charge >= 0.3 is 0 Å². The third kappa shape index (κ3) is 9.86. The van der Waals surface area contributed by atoms with Gasteiger partial charge in [-0.05, 0) is 49.6 Å². The predicted octanol–water partition coefficient (Wildman–Crippen LogP) is 3.53. The van der Waals surface area contributed by atoms with Gasteiger partial charge < -0.3 is 10.6 Å². The average molecular weight is 548 g/mol. The van der Waals surface area contributed by atoms with Gasteiger partial charge in [0.1, 0.15) is 5.82 Å². The minimum atomic E-state index is -3.33. The molecule has 0 aliphatic carbocycles. The quantitative estimate of drug-likeness (QED) is 0.255. The zero-order chi connectivity index (χ0) is 21.3. The second-order valence-corrected chi connectivity index (χ2v) is 8.78.